The first-order valence-electron chi connectivity index (χ1n) is 10.8. The van der Waals surface area contributed by atoms with E-state index in [1.54, 1.807) is 38.1 Å². The highest BCUT2D eigenvalue weighted by atomic mass is 19.4. The van der Waals surface area contributed by atoms with E-state index in [0.29, 0.717) is 15.9 Å². The quantitative estimate of drug-likeness (QED) is 0.430. The van der Waals surface area contributed by atoms with E-state index in [1.165, 1.54) is 0 Å². The molecule has 2 aromatic carbocycles. The lowest BCUT2D eigenvalue weighted by molar-refractivity contribution is -0.146. The van der Waals surface area contributed by atoms with Crippen molar-refractivity contribution in [1.29, 1.82) is 0 Å². The Labute approximate surface area is 196 Å². The lowest BCUT2D eigenvalue weighted by Gasteiger charge is -2.21. The number of halogens is 4. The number of benzene rings is 2. The Kier molecular flexibility index (Phi) is 6.14. The third-order valence-corrected chi connectivity index (χ3v) is 6.07. The summed E-state index contributed by atoms with van der Waals surface area (Å²) >= 11 is 0. The molecule has 0 aliphatic heterocycles. The second kappa shape index (κ2) is 8.81. The predicted octanol–water partition coefficient (Wildman–Crippen LogP) is 3.96. The molecule has 0 radical (unpaired) electrons. The van der Waals surface area contributed by atoms with E-state index in [0.717, 1.165) is 34.4 Å². The molecule has 0 saturated heterocycles. The maximum absolute atomic E-state index is 15.3. The number of nitrogens with zero attached hydrogens (tertiary/aromatic N) is 4. The average Bonchev–Trinajstić information content (AvgIpc) is 3.14. The summed E-state index contributed by atoms with van der Waals surface area (Å²) in [5, 5.41) is 13.0. The zero-order valence-electron chi connectivity index (χ0n) is 19.1. The summed E-state index contributed by atoms with van der Waals surface area (Å²) in [6, 6.07) is 8.51. The van der Waals surface area contributed by atoms with Gasteiger partial charge in [0.25, 0.3) is 5.56 Å². The van der Waals surface area contributed by atoms with E-state index in [9.17, 15) is 27.9 Å². The molecule has 1 unspecified atom stereocenters. The Morgan fingerprint density at radius 1 is 1.09 bits per heavy atom. The van der Waals surface area contributed by atoms with Gasteiger partial charge in [0.2, 0.25) is 0 Å². The molecule has 2 aromatic heterocycles. The number of hydrogen-bond donors (Lipinski definition) is 1. The topological polar surface area (TPSA) is 82.0 Å². The standard InChI is InChI=1S/C24H22F4N4O3/c1-4-30-21(12-33)29-32(23(30)35)20-10-15-16(9-18(20)25)22(34)31(19-8-6-5-7-13(19)2)11-17(15)14(3)24(26,27)28/h5-11,14,33H,4,12H2,1-3H3. The van der Waals surface area contributed by atoms with Crippen molar-refractivity contribution in [3.8, 4) is 11.4 Å². The molecular weight excluding hydrogens is 468 g/mol. The largest absolute Gasteiger partial charge is 0.395 e. The molecule has 4 rings (SSSR count). The minimum Gasteiger partial charge on any atom is -0.388 e. The second-order valence-electron chi connectivity index (χ2n) is 8.17. The number of pyridine rings is 1. The van der Waals surface area contributed by atoms with Gasteiger partial charge < -0.3 is 5.11 Å². The monoisotopic (exact) mass is 490 g/mol. The Hall–Kier alpha value is -3.73. The molecule has 0 saturated carbocycles. The fourth-order valence-corrected chi connectivity index (χ4v) is 4.10. The smallest absolute Gasteiger partial charge is 0.388 e. The van der Waals surface area contributed by atoms with Crippen molar-refractivity contribution in [2.75, 3.05) is 0 Å². The van der Waals surface area contributed by atoms with E-state index < -0.39 is 41.5 Å². The van der Waals surface area contributed by atoms with Gasteiger partial charge in [0.15, 0.2) is 5.82 Å². The summed E-state index contributed by atoms with van der Waals surface area (Å²) < 4.78 is 59.6. The normalized spacial score (nSPS) is 12.9. The van der Waals surface area contributed by atoms with E-state index in [2.05, 4.69) is 5.10 Å². The number of rotatable bonds is 5. The number of fused-ring (bicyclic) bond motifs is 1. The Morgan fingerprint density at radius 3 is 2.34 bits per heavy atom. The van der Waals surface area contributed by atoms with Crippen LogP contribution in [0.15, 0.2) is 52.2 Å². The van der Waals surface area contributed by atoms with Gasteiger partial charge in [-0.2, -0.15) is 17.9 Å². The maximum Gasteiger partial charge on any atom is 0.395 e. The van der Waals surface area contributed by atoms with Gasteiger partial charge in [-0.1, -0.05) is 18.2 Å². The van der Waals surface area contributed by atoms with Crippen molar-refractivity contribution >= 4 is 10.8 Å². The molecule has 1 N–H and O–H groups in total. The molecule has 0 spiro atoms. The van der Waals surface area contributed by atoms with Crippen LogP contribution in [-0.4, -0.2) is 30.2 Å². The summed E-state index contributed by atoms with van der Waals surface area (Å²) in [5.74, 6) is -3.05. The Balaban J connectivity index is 2.10. The zero-order valence-corrected chi connectivity index (χ0v) is 19.1. The average molecular weight is 490 g/mol. The van der Waals surface area contributed by atoms with Gasteiger partial charge in [0, 0.05) is 12.7 Å². The summed E-state index contributed by atoms with van der Waals surface area (Å²) in [7, 11) is 0. The van der Waals surface area contributed by atoms with Crippen LogP contribution < -0.4 is 11.2 Å². The number of aliphatic hydroxyl groups is 1. The third-order valence-electron chi connectivity index (χ3n) is 6.07. The van der Waals surface area contributed by atoms with Crippen LogP contribution in [0.2, 0.25) is 0 Å². The van der Waals surface area contributed by atoms with Crippen LogP contribution in [-0.2, 0) is 13.2 Å². The second-order valence-corrected chi connectivity index (χ2v) is 8.17. The molecule has 11 heteroatoms. The fraction of sp³-hybridized carbons (Fsp3) is 0.292. The van der Waals surface area contributed by atoms with Gasteiger partial charge in [-0.05, 0) is 55.5 Å². The van der Waals surface area contributed by atoms with Gasteiger partial charge in [-0.25, -0.2) is 9.18 Å². The lowest BCUT2D eigenvalue weighted by Crippen LogP contribution is -2.26. The van der Waals surface area contributed by atoms with E-state index in [1.807, 2.05) is 0 Å². The number of aromatic nitrogens is 4. The molecule has 7 nitrogen and oxygen atoms in total. The number of hydrogen-bond acceptors (Lipinski definition) is 4. The van der Waals surface area contributed by atoms with Crippen LogP contribution >= 0.6 is 0 Å². The molecule has 0 bridgehead atoms. The van der Waals surface area contributed by atoms with Gasteiger partial charge in [-0.15, -0.1) is 5.10 Å². The highest BCUT2D eigenvalue weighted by Crippen LogP contribution is 2.38. The summed E-state index contributed by atoms with van der Waals surface area (Å²) in [4.78, 5) is 26.0. The number of aryl methyl sites for hydroxylation is 1. The summed E-state index contributed by atoms with van der Waals surface area (Å²) in [6.07, 6.45) is -3.54. The highest BCUT2D eigenvalue weighted by molar-refractivity contribution is 5.88. The van der Waals surface area contributed by atoms with Crippen molar-refractivity contribution in [2.45, 2.75) is 46.0 Å². The molecule has 0 fully saturated rings. The zero-order chi connectivity index (χ0) is 25.7. The van der Waals surface area contributed by atoms with Crippen LogP contribution in [0.3, 0.4) is 0 Å². The minimum atomic E-state index is -4.65. The van der Waals surface area contributed by atoms with Crippen LogP contribution in [0.1, 0.15) is 36.7 Å². The van der Waals surface area contributed by atoms with Gasteiger partial charge in [0.05, 0.1) is 17.0 Å². The molecule has 1 atom stereocenters. The first-order chi connectivity index (χ1) is 16.5. The van der Waals surface area contributed by atoms with Crippen LogP contribution in [0, 0.1) is 12.7 Å². The maximum atomic E-state index is 15.3. The van der Waals surface area contributed by atoms with Crippen LogP contribution in [0.4, 0.5) is 17.6 Å². The highest BCUT2D eigenvalue weighted by Gasteiger charge is 2.39. The van der Waals surface area contributed by atoms with E-state index in [-0.39, 0.29) is 28.7 Å². The molecule has 35 heavy (non-hydrogen) atoms. The SMILES string of the molecule is CCn1c(CO)nn(-c2cc3c(C(C)C(F)(F)F)cn(-c4ccccc4C)c(=O)c3cc2F)c1=O. The first-order valence-corrected chi connectivity index (χ1v) is 10.8. The third kappa shape index (κ3) is 4.05. The van der Waals surface area contributed by atoms with Gasteiger partial charge >= 0.3 is 11.9 Å². The number of alkyl halides is 3. The minimum absolute atomic E-state index is 0.0316. The molecule has 184 valence electrons. The molecular formula is C24H22F4N4O3. The van der Waals surface area contributed by atoms with Crippen LogP contribution in [0.5, 0.6) is 0 Å². The molecule has 0 aliphatic carbocycles. The van der Waals surface area contributed by atoms with Crippen molar-refractivity contribution in [2.24, 2.45) is 0 Å². The predicted molar refractivity (Wildman–Crippen MR) is 122 cm³/mol. The van der Waals surface area contributed by atoms with Crippen molar-refractivity contribution < 1.29 is 22.7 Å². The van der Waals surface area contributed by atoms with Crippen molar-refractivity contribution in [3.05, 3.63) is 86.2 Å². The summed E-state index contributed by atoms with van der Waals surface area (Å²) in [6.45, 7) is 3.83. The number of para-hydroxylation sites is 1. The fourth-order valence-electron chi connectivity index (χ4n) is 4.10. The van der Waals surface area contributed by atoms with Gasteiger partial charge in [0.1, 0.15) is 18.1 Å². The van der Waals surface area contributed by atoms with Crippen LogP contribution in [0.25, 0.3) is 22.1 Å². The molecule has 0 amide bonds. The Bertz CT molecular complexity index is 1550. The first kappa shape index (κ1) is 24.4. The van der Waals surface area contributed by atoms with Crippen molar-refractivity contribution in [1.82, 2.24) is 18.9 Å². The Morgan fingerprint density at radius 2 is 1.77 bits per heavy atom. The molecule has 0 aliphatic rings. The summed E-state index contributed by atoms with van der Waals surface area (Å²) in [5.41, 5.74) is -1.15. The van der Waals surface area contributed by atoms with E-state index in [4.69, 9.17) is 0 Å². The molecule has 2 heterocycles. The number of aliphatic hydroxyl groups excluding tert-OH is 1. The lowest BCUT2D eigenvalue weighted by atomic mass is 9.95. The molecule has 4 aromatic rings. The van der Waals surface area contributed by atoms with Gasteiger partial charge in [-0.3, -0.25) is 13.9 Å². The van der Waals surface area contributed by atoms with Crippen molar-refractivity contribution in [3.63, 3.8) is 0 Å². The van der Waals surface area contributed by atoms with E-state index >= 15 is 4.39 Å².